The number of amides is 1. The van der Waals surface area contributed by atoms with Gasteiger partial charge in [-0.3, -0.25) is 9.78 Å². The Kier molecular flexibility index (Phi) is 4.13. The van der Waals surface area contributed by atoms with Gasteiger partial charge in [0.05, 0.1) is 16.5 Å². The Hall–Kier alpha value is -2.28. The van der Waals surface area contributed by atoms with Crippen LogP contribution in [0, 0.1) is 12.7 Å². The maximum Gasteiger partial charge on any atom is 0.231 e. The van der Waals surface area contributed by atoms with E-state index in [0.717, 1.165) is 6.26 Å². The van der Waals surface area contributed by atoms with E-state index in [2.05, 4.69) is 10.3 Å². The van der Waals surface area contributed by atoms with Crippen LogP contribution in [-0.2, 0) is 21.1 Å². The minimum absolute atomic E-state index is 0.112. The molecular formula is C17H17FN2O3S. The van der Waals surface area contributed by atoms with E-state index in [-0.39, 0.29) is 16.6 Å². The van der Waals surface area contributed by atoms with E-state index in [1.54, 1.807) is 19.1 Å². The summed E-state index contributed by atoms with van der Waals surface area (Å²) < 4.78 is 37.7. The zero-order valence-electron chi connectivity index (χ0n) is 13.3. The van der Waals surface area contributed by atoms with Crippen LogP contribution in [0.15, 0.2) is 35.4 Å². The number of hydrogen-bond donors (Lipinski definition) is 1. The van der Waals surface area contributed by atoms with E-state index in [9.17, 15) is 17.6 Å². The summed E-state index contributed by atoms with van der Waals surface area (Å²) in [4.78, 5) is 16.8. The number of carbonyl (C=O) groups is 1. The molecule has 0 bridgehead atoms. The minimum atomic E-state index is -3.44. The molecule has 1 aliphatic heterocycles. The van der Waals surface area contributed by atoms with Crippen LogP contribution >= 0.6 is 0 Å². The van der Waals surface area contributed by atoms with E-state index in [4.69, 9.17) is 0 Å². The van der Waals surface area contributed by atoms with Crippen molar-refractivity contribution in [1.29, 1.82) is 0 Å². The molecule has 0 aliphatic carbocycles. The molecule has 0 radical (unpaired) electrons. The number of halogens is 1. The average molecular weight is 348 g/mol. The molecule has 126 valence electrons. The molecule has 1 atom stereocenters. The number of anilines is 1. The Morgan fingerprint density at radius 1 is 1.33 bits per heavy atom. The Morgan fingerprint density at radius 2 is 2.08 bits per heavy atom. The summed E-state index contributed by atoms with van der Waals surface area (Å²) in [7, 11) is -3.44. The SMILES string of the molecule is Cc1ncc(C2CCc3c(F)cccc3NC2=O)cc1S(C)(=O)=O. The van der Waals surface area contributed by atoms with Crippen LogP contribution in [0.5, 0.6) is 0 Å². The zero-order valence-corrected chi connectivity index (χ0v) is 14.2. The summed E-state index contributed by atoms with van der Waals surface area (Å²) in [5, 5.41) is 2.73. The number of fused-ring (bicyclic) bond motifs is 1. The number of sulfone groups is 1. The number of pyridine rings is 1. The van der Waals surface area contributed by atoms with Gasteiger partial charge in [-0.2, -0.15) is 0 Å². The van der Waals surface area contributed by atoms with Gasteiger partial charge in [-0.15, -0.1) is 0 Å². The highest BCUT2D eigenvalue weighted by Crippen LogP contribution is 2.32. The third-order valence-electron chi connectivity index (χ3n) is 4.24. The molecule has 0 saturated carbocycles. The summed E-state index contributed by atoms with van der Waals surface area (Å²) in [5.74, 6) is -1.22. The Morgan fingerprint density at radius 3 is 2.79 bits per heavy atom. The first-order valence-corrected chi connectivity index (χ1v) is 9.41. The summed E-state index contributed by atoms with van der Waals surface area (Å²) in [5.41, 5.74) is 1.85. The molecule has 24 heavy (non-hydrogen) atoms. The van der Waals surface area contributed by atoms with E-state index in [1.165, 1.54) is 18.3 Å². The summed E-state index contributed by atoms with van der Waals surface area (Å²) in [6, 6.07) is 6.06. The van der Waals surface area contributed by atoms with Crippen LogP contribution in [0.3, 0.4) is 0 Å². The largest absolute Gasteiger partial charge is 0.325 e. The van der Waals surface area contributed by atoms with Crippen molar-refractivity contribution in [3.8, 4) is 0 Å². The molecule has 1 amide bonds. The zero-order chi connectivity index (χ0) is 17.5. The fourth-order valence-corrected chi connectivity index (χ4v) is 3.92. The fourth-order valence-electron chi connectivity index (χ4n) is 2.98. The topological polar surface area (TPSA) is 76.1 Å². The number of aromatic nitrogens is 1. The first kappa shape index (κ1) is 16.6. The van der Waals surface area contributed by atoms with Crippen molar-refractivity contribution in [2.45, 2.75) is 30.6 Å². The lowest BCUT2D eigenvalue weighted by atomic mass is 9.94. The number of carbonyl (C=O) groups excluding carboxylic acids is 1. The molecule has 7 heteroatoms. The van der Waals surface area contributed by atoms with Crippen molar-refractivity contribution in [2.24, 2.45) is 0 Å². The third kappa shape index (κ3) is 3.03. The van der Waals surface area contributed by atoms with Gasteiger partial charge in [-0.1, -0.05) is 6.07 Å². The fraction of sp³-hybridized carbons (Fsp3) is 0.294. The van der Waals surface area contributed by atoms with Crippen LogP contribution in [0.4, 0.5) is 10.1 Å². The van der Waals surface area contributed by atoms with Gasteiger partial charge < -0.3 is 5.32 Å². The van der Waals surface area contributed by atoms with Crippen molar-refractivity contribution < 1.29 is 17.6 Å². The summed E-state index contributed by atoms with van der Waals surface area (Å²) in [6.45, 7) is 1.61. The van der Waals surface area contributed by atoms with Crippen molar-refractivity contribution in [3.63, 3.8) is 0 Å². The van der Waals surface area contributed by atoms with Gasteiger partial charge in [-0.25, -0.2) is 12.8 Å². The minimum Gasteiger partial charge on any atom is -0.325 e. The van der Waals surface area contributed by atoms with E-state index >= 15 is 0 Å². The predicted molar refractivity (Wildman–Crippen MR) is 88.2 cm³/mol. The van der Waals surface area contributed by atoms with Crippen molar-refractivity contribution in [3.05, 3.63) is 53.1 Å². The normalized spacial score (nSPS) is 17.8. The summed E-state index contributed by atoms with van der Waals surface area (Å²) >= 11 is 0. The number of rotatable bonds is 2. The van der Waals surface area contributed by atoms with Gasteiger partial charge in [0.1, 0.15) is 5.82 Å². The molecule has 0 fully saturated rings. The molecule has 1 aromatic carbocycles. The monoisotopic (exact) mass is 348 g/mol. The molecule has 0 spiro atoms. The number of nitrogens with zero attached hydrogens (tertiary/aromatic N) is 1. The Labute approximate surface area is 139 Å². The van der Waals surface area contributed by atoms with E-state index in [1.807, 2.05) is 0 Å². The highest BCUT2D eigenvalue weighted by molar-refractivity contribution is 7.90. The van der Waals surface area contributed by atoms with Crippen molar-refractivity contribution >= 4 is 21.4 Å². The second kappa shape index (κ2) is 5.98. The molecule has 1 aromatic heterocycles. The molecule has 2 heterocycles. The number of nitrogens with one attached hydrogen (secondary N) is 1. The van der Waals surface area contributed by atoms with Crippen LogP contribution in [0.2, 0.25) is 0 Å². The average Bonchev–Trinajstić information content (AvgIpc) is 2.66. The quantitative estimate of drug-likeness (QED) is 0.905. The second-order valence-corrected chi connectivity index (χ2v) is 7.95. The van der Waals surface area contributed by atoms with E-state index < -0.39 is 15.8 Å². The Bertz CT molecular complexity index is 925. The number of benzene rings is 1. The maximum atomic E-state index is 13.9. The van der Waals surface area contributed by atoms with Crippen molar-refractivity contribution in [1.82, 2.24) is 4.98 Å². The van der Waals surface area contributed by atoms with Gasteiger partial charge >= 0.3 is 0 Å². The van der Waals surface area contributed by atoms with Crippen LogP contribution in [0.25, 0.3) is 0 Å². The maximum absolute atomic E-state index is 13.9. The van der Waals surface area contributed by atoms with Crippen LogP contribution in [0.1, 0.15) is 29.2 Å². The Balaban J connectivity index is 2.00. The standard InChI is InChI=1S/C17H17FN2O3S/c1-10-16(24(2,22)23)8-11(9-19-10)12-6-7-13-14(18)4-3-5-15(13)20-17(12)21/h3-5,8-9,12H,6-7H2,1-2H3,(H,20,21). The smallest absolute Gasteiger partial charge is 0.231 e. The van der Waals surface area contributed by atoms with Gasteiger partial charge in [-0.05, 0) is 43.5 Å². The van der Waals surface area contributed by atoms with Crippen LogP contribution < -0.4 is 5.32 Å². The summed E-state index contributed by atoms with van der Waals surface area (Å²) in [6.07, 6.45) is 3.39. The molecule has 5 nitrogen and oxygen atoms in total. The lowest BCUT2D eigenvalue weighted by Crippen LogP contribution is -2.20. The lowest BCUT2D eigenvalue weighted by Gasteiger charge is -2.15. The van der Waals surface area contributed by atoms with Gasteiger partial charge in [0.15, 0.2) is 9.84 Å². The molecule has 0 saturated heterocycles. The van der Waals surface area contributed by atoms with Crippen molar-refractivity contribution in [2.75, 3.05) is 11.6 Å². The van der Waals surface area contributed by atoms with E-state index in [0.29, 0.717) is 35.3 Å². The van der Waals surface area contributed by atoms with Gasteiger partial charge in [0.2, 0.25) is 5.91 Å². The molecule has 1 N–H and O–H groups in total. The molecule has 3 rings (SSSR count). The highest BCUT2D eigenvalue weighted by Gasteiger charge is 2.28. The molecule has 1 aliphatic rings. The number of hydrogen-bond acceptors (Lipinski definition) is 4. The van der Waals surface area contributed by atoms with Crippen LogP contribution in [-0.4, -0.2) is 25.6 Å². The number of aryl methyl sites for hydroxylation is 1. The predicted octanol–water partition coefficient (Wildman–Crippen LogP) is 2.60. The first-order valence-electron chi connectivity index (χ1n) is 7.52. The third-order valence-corrected chi connectivity index (χ3v) is 5.45. The molecular weight excluding hydrogens is 331 g/mol. The van der Waals surface area contributed by atoms with Gasteiger partial charge in [0, 0.05) is 23.7 Å². The highest BCUT2D eigenvalue weighted by atomic mass is 32.2. The molecule has 1 unspecified atom stereocenters. The van der Waals surface area contributed by atoms with Gasteiger partial charge in [0.25, 0.3) is 0 Å². The molecule has 2 aromatic rings. The second-order valence-electron chi connectivity index (χ2n) is 5.97. The lowest BCUT2D eigenvalue weighted by molar-refractivity contribution is -0.117. The first-order chi connectivity index (χ1) is 11.3.